The summed E-state index contributed by atoms with van der Waals surface area (Å²) in [6.45, 7) is 6.33. The molecule has 1 heterocycles. The summed E-state index contributed by atoms with van der Waals surface area (Å²) in [4.78, 5) is 0. The molecule has 1 aromatic heterocycles. The van der Waals surface area contributed by atoms with Gasteiger partial charge in [0.25, 0.3) is 0 Å². The average molecular weight is 243 g/mol. The smallest absolute Gasteiger partial charge is 0.151 e. The minimum absolute atomic E-state index is 0.180. The maximum Gasteiger partial charge on any atom is 0.151 e. The SMILES string of the molecule is C=Cn1cc(CNCCS(=O)(=O)CC)cn1. The molecule has 90 valence electrons. The summed E-state index contributed by atoms with van der Waals surface area (Å²) in [5.74, 6) is 0.377. The summed E-state index contributed by atoms with van der Waals surface area (Å²) in [6, 6.07) is 0. The molecule has 0 aliphatic heterocycles. The van der Waals surface area contributed by atoms with Crippen LogP contribution in [0.2, 0.25) is 0 Å². The van der Waals surface area contributed by atoms with Gasteiger partial charge in [0.1, 0.15) is 0 Å². The van der Waals surface area contributed by atoms with Gasteiger partial charge in [-0.2, -0.15) is 5.10 Å². The Hall–Kier alpha value is -1.14. The van der Waals surface area contributed by atoms with Crippen molar-refractivity contribution in [2.75, 3.05) is 18.1 Å². The van der Waals surface area contributed by atoms with E-state index in [0.29, 0.717) is 13.1 Å². The van der Waals surface area contributed by atoms with Crippen molar-refractivity contribution in [1.29, 1.82) is 0 Å². The summed E-state index contributed by atoms with van der Waals surface area (Å²) in [6.07, 6.45) is 5.17. The highest BCUT2D eigenvalue weighted by atomic mass is 32.2. The molecule has 0 saturated heterocycles. The maximum atomic E-state index is 11.2. The van der Waals surface area contributed by atoms with E-state index in [1.807, 2.05) is 6.20 Å². The van der Waals surface area contributed by atoms with Crippen molar-refractivity contribution in [3.63, 3.8) is 0 Å². The highest BCUT2D eigenvalue weighted by Gasteiger charge is 2.06. The van der Waals surface area contributed by atoms with Crippen molar-refractivity contribution in [1.82, 2.24) is 15.1 Å². The van der Waals surface area contributed by atoms with Crippen LogP contribution in [0, 0.1) is 0 Å². The number of aromatic nitrogens is 2. The van der Waals surface area contributed by atoms with Gasteiger partial charge in [-0.1, -0.05) is 13.5 Å². The summed E-state index contributed by atoms with van der Waals surface area (Å²) >= 11 is 0. The predicted octanol–water partition coefficient (Wildman–Crippen LogP) is 0.508. The van der Waals surface area contributed by atoms with Gasteiger partial charge in [-0.05, 0) is 0 Å². The summed E-state index contributed by atoms with van der Waals surface area (Å²) in [5.41, 5.74) is 1.01. The molecule has 0 bridgehead atoms. The van der Waals surface area contributed by atoms with Crippen molar-refractivity contribution in [2.24, 2.45) is 0 Å². The van der Waals surface area contributed by atoms with E-state index in [0.717, 1.165) is 5.56 Å². The third-order valence-electron chi connectivity index (χ3n) is 2.20. The fraction of sp³-hybridized carbons (Fsp3) is 0.500. The van der Waals surface area contributed by atoms with Gasteiger partial charge in [-0.3, -0.25) is 0 Å². The molecule has 16 heavy (non-hydrogen) atoms. The highest BCUT2D eigenvalue weighted by molar-refractivity contribution is 7.91. The third kappa shape index (κ3) is 4.16. The molecule has 1 rings (SSSR count). The van der Waals surface area contributed by atoms with Crippen LogP contribution in [0.25, 0.3) is 6.20 Å². The summed E-state index contributed by atoms with van der Waals surface area (Å²) in [7, 11) is -2.87. The van der Waals surface area contributed by atoms with Crippen LogP contribution in [-0.4, -0.2) is 36.2 Å². The van der Waals surface area contributed by atoms with Crippen LogP contribution < -0.4 is 5.32 Å². The number of nitrogens with one attached hydrogen (secondary N) is 1. The largest absolute Gasteiger partial charge is 0.312 e. The van der Waals surface area contributed by atoms with Crippen LogP contribution in [-0.2, 0) is 16.4 Å². The Morgan fingerprint density at radius 1 is 1.62 bits per heavy atom. The van der Waals surface area contributed by atoms with Gasteiger partial charge in [0.15, 0.2) is 9.84 Å². The van der Waals surface area contributed by atoms with Gasteiger partial charge in [-0.15, -0.1) is 0 Å². The van der Waals surface area contributed by atoms with Crippen LogP contribution in [0.1, 0.15) is 12.5 Å². The molecule has 0 aliphatic carbocycles. The van der Waals surface area contributed by atoms with E-state index in [2.05, 4.69) is 17.0 Å². The molecule has 0 amide bonds. The fourth-order valence-electron chi connectivity index (χ4n) is 1.17. The quantitative estimate of drug-likeness (QED) is 0.709. The van der Waals surface area contributed by atoms with Gasteiger partial charge in [0.2, 0.25) is 0 Å². The zero-order valence-electron chi connectivity index (χ0n) is 9.39. The Kier molecular flexibility index (Phi) is 4.70. The first-order valence-corrected chi connectivity index (χ1v) is 6.96. The van der Waals surface area contributed by atoms with E-state index < -0.39 is 9.84 Å². The van der Waals surface area contributed by atoms with Crippen molar-refractivity contribution in [2.45, 2.75) is 13.5 Å². The normalized spacial score (nSPS) is 11.6. The van der Waals surface area contributed by atoms with Crippen molar-refractivity contribution in [3.8, 4) is 0 Å². The molecule has 1 aromatic rings. The molecule has 0 spiro atoms. The average Bonchev–Trinajstić information content (AvgIpc) is 2.72. The fourth-order valence-corrected chi connectivity index (χ4v) is 1.92. The summed E-state index contributed by atoms with van der Waals surface area (Å²) in [5, 5.41) is 7.08. The van der Waals surface area contributed by atoms with Crippen molar-refractivity contribution < 1.29 is 8.42 Å². The Morgan fingerprint density at radius 3 is 2.94 bits per heavy atom. The lowest BCUT2D eigenvalue weighted by molar-refractivity contribution is 0.592. The molecule has 0 radical (unpaired) electrons. The molecule has 0 fully saturated rings. The Bertz CT molecular complexity index is 437. The number of hydrogen-bond donors (Lipinski definition) is 1. The second kappa shape index (κ2) is 5.81. The van der Waals surface area contributed by atoms with E-state index >= 15 is 0 Å². The lowest BCUT2D eigenvalue weighted by Gasteiger charge is -2.02. The zero-order chi connectivity index (χ0) is 12.0. The van der Waals surface area contributed by atoms with Crippen LogP contribution in [0.3, 0.4) is 0 Å². The number of nitrogens with zero attached hydrogens (tertiary/aromatic N) is 2. The molecule has 0 aromatic carbocycles. The van der Waals surface area contributed by atoms with E-state index in [4.69, 9.17) is 0 Å². The second-order valence-electron chi connectivity index (χ2n) is 3.42. The van der Waals surface area contributed by atoms with Crippen molar-refractivity contribution in [3.05, 3.63) is 24.5 Å². The molecular weight excluding hydrogens is 226 g/mol. The minimum atomic E-state index is -2.87. The predicted molar refractivity (Wildman–Crippen MR) is 64.6 cm³/mol. The van der Waals surface area contributed by atoms with Crippen LogP contribution in [0.4, 0.5) is 0 Å². The summed E-state index contributed by atoms with van der Waals surface area (Å²) < 4.78 is 24.0. The van der Waals surface area contributed by atoms with Gasteiger partial charge < -0.3 is 5.32 Å². The second-order valence-corrected chi connectivity index (χ2v) is 5.90. The van der Waals surface area contributed by atoms with Gasteiger partial charge in [0, 0.05) is 36.8 Å². The lowest BCUT2D eigenvalue weighted by Crippen LogP contribution is -2.23. The molecule has 6 heteroatoms. The third-order valence-corrected chi connectivity index (χ3v) is 3.91. The molecule has 0 unspecified atom stereocenters. The zero-order valence-corrected chi connectivity index (χ0v) is 10.2. The molecular formula is C10H17N3O2S. The van der Waals surface area contributed by atoms with E-state index in [1.54, 1.807) is 24.0 Å². The van der Waals surface area contributed by atoms with Crippen LogP contribution in [0.15, 0.2) is 19.0 Å². The van der Waals surface area contributed by atoms with E-state index in [9.17, 15) is 8.42 Å². The van der Waals surface area contributed by atoms with E-state index in [1.165, 1.54) is 0 Å². The molecule has 0 atom stereocenters. The number of rotatable bonds is 7. The van der Waals surface area contributed by atoms with Crippen LogP contribution in [0.5, 0.6) is 0 Å². The Balaban J connectivity index is 2.28. The standard InChI is InChI=1S/C10H17N3O2S/c1-3-13-9-10(8-12-13)7-11-5-6-16(14,15)4-2/h3,8-9,11H,1,4-7H2,2H3. The van der Waals surface area contributed by atoms with Crippen LogP contribution >= 0.6 is 0 Å². The monoisotopic (exact) mass is 243 g/mol. The van der Waals surface area contributed by atoms with Gasteiger partial charge in [-0.25, -0.2) is 13.1 Å². The highest BCUT2D eigenvalue weighted by Crippen LogP contribution is 1.97. The van der Waals surface area contributed by atoms with Gasteiger partial charge >= 0.3 is 0 Å². The van der Waals surface area contributed by atoms with Crippen molar-refractivity contribution >= 4 is 16.0 Å². The minimum Gasteiger partial charge on any atom is -0.312 e. The number of sulfone groups is 1. The molecule has 0 saturated carbocycles. The molecule has 5 nitrogen and oxygen atoms in total. The first-order valence-electron chi connectivity index (χ1n) is 5.14. The first kappa shape index (κ1) is 12.9. The topological polar surface area (TPSA) is 64.0 Å². The Labute approximate surface area is 96.1 Å². The molecule has 1 N–H and O–H groups in total. The Morgan fingerprint density at radius 2 is 2.38 bits per heavy atom. The maximum absolute atomic E-state index is 11.2. The number of hydrogen-bond acceptors (Lipinski definition) is 4. The lowest BCUT2D eigenvalue weighted by atomic mass is 10.3. The van der Waals surface area contributed by atoms with E-state index in [-0.39, 0.29) is 11.5 Å². The van der Waals surface area contributed by atoms with Gasteiger partial charge in [0.05, 0.1) is 11.9 Å². The molecule has 0 aliphatic rings. The first-order chi connectivity index (χ1) is 7.57.